The van der Waals surface area contributed by atoms with Gasteiger partial charge in [-0.2, -0.15) is 0 Å². The van der Waals surface area contributed by atoms with Gasteiger partial charge in [-0.1, -0.05) is 15.9 Å². The van der Waals surface area contributed by atoms with Gasteiger partial charge in [-0.3, -0.25) is 4.79 Å². The molecule has 5 heteroatoms. The number of alkyl halides is 1. The van der Waals surface area contributed by atoms with E-state index in [4.69, 9.17) is 0 Å². The number of aromatic nitrogens is 1. The number of carbonyl (C=O) groups is 1. The van der Waals surface area contributed by atoms with Crippen LogP contribution in [-0.4, -0.2) is 27.2 Å². The lowest BCUT2D eigenvalue weighted by atomic mass is 10.3. The highest BCUT2D eigenvalue weighted by Crippen LogP contribution is 2.29. The SMILES string of the molecule is Cc1csc(C(C)N2CC(Br)CC2=O)n1. The van der Waals surface area contributed by atoms with Gasteiger partial charge >= 0.3 is 0 Å². The minimum Gasteiger partial charge on any atom is -0.332 e. The summed E-state index contributed by atoms with van der Waals surface area (Å²) < 4.78 is 0. The van der Waals surface area contributed by atoms with Crippen LogP contribution in [0.15, 0.2) is 5.38 Å². The summed E-state index contributed by atoms with van der Waals surface area (Å²) in [6.07, 6.45) is 0.606. The molecule has 82 valence electrons. The van der Waals surface area contributed by atoms with Crippen LogP contribution in [0.3, 0.4) is 0 Å². The highest BCUT2D eigenvalue weighted by molar-refractivity contribution is 9.09. The quantitative estimate of drug-likeness (QED) is 0.784. The fourth-order valence-corrected chi connectivity index (χ4v) is 3.21. The van der Waals surface area contributed by atoms with Crippen LogP contribution in [0.5, 0.6) is 0 Å². The van der Waals surface area contributed by atoms with Gasteiger partial charge in [0.2, 0.25) is 5.91 Å². The van der Waals surface area contributed by atoms with Crippen molar-refractivity contribution in [3.05, 3.63) is 16.1 Å². The summed E-state index contributed by atoms with van der Waals surface area (Å²) in [5, 5.41) is 3.06. The van der Waals surface area contributed by atoms with Crippen LogP contribution in [0.4, 0.5) is 0 Å². The molecule has 0 bridgehead atoms. The maximum absolute atomic E-state index is 11.7. The minimum absolute atomic E-state index is 0.110. The summed E-state index contributed by atoms with van der Waals surface area (Å²) in [6, 6.07) is 0.110. The topological polar surface area (TPSA) is 33.2 Å². The Morgan fingerprint density at radius 2 is 2.47 bits per heavy atom. The van der Waals surface area contributed by atoms with Crippen LogP contribution in [0.2, 0.25) is 0 Å². The van der Waals surface area contributed by atoms with E-state index in [1.165, 1.54) is 0 Å². The Morgan fingerprint density at radius 3 is 2.93 bits per heavy atom. The molecule has 3 nitrogen and oxygen atoms in total. The zero-order chi connectivity index (χ0) is 11.0. The van der Waals surface area contributed by atoms with Crippen LogP contribution in [0.25, 0.3) is 0 Å². The van der Waals surface area contributed by atoms with Gasteiger partial charge in [0.25, 0.3) is 0 Å². The molecule has 1 amide bonds. The first-order valence-corrected chi connectivity index (χ1v) is 6.73. The van der Waals surface area contributed by atoms with Gasteiger partial charge in [-0.15, -0.1) is 11.3 Å². The Hall–Kier alpha value is -0.420. The fourth-order valence-electron chi connectivity index (χ4n) is 1.76. The summed E-state index contributed by atoms with van der Waals surface area (Å²) in [6.45, 7) is 4.81. The van der Waals surface area contributed by atoms with Crippen molar-refractivity contribution in [3.8, 4) is 0 Å². The maximum atomic E-state index is 11.7. The van der Waals surface area contributed by atoms with Crippen LogP contribution in [0.1, 0.15) is 30.1 Å². The zero-order valence-electron chi connectivity index (χ0n) is 8.74. The molecular formula is C10H13BrN2OS. The van der Waals surface area contributed by atoms with Gasteiger partial charge in [0.15, 0.2) is 0 Å². The minimum atomic E-state index is 0.110. The molecule has 1 aliphatic rings. The number of likely N-dealkylation sites (tertiary alicyclic amines) is 1. The third-order valence-electron chi connectivity index (χ3n) is 2.57. The number of amides is 1. The van der Waals surface area contributed by atoms with Gasteiger partial charge < -0.3 is 4.90 Å². The van der Waals surface area contributed by atoms with Gasteiger partial charge in [0.05, 0.1) is 6.04 Å². The van der Waals surface area contributed by atoms with Crippen molar-refractivity contribution in [2.24, 2.45) is 0 Å². The molecule has 1 saturated heterocycles. The van der Waals surface area contributed by atoms with Crippen molar-refractivity contribution in [2.75, 3.05) is 6.54 Å². The predicted molar refractivity (Wildman–Crippen MR) is 64.3 cm³/mol. The molecule has 2 unspecified atom stereocenters. The first-order valence-electron chi connectivity index (χ1n) is 4.93. The summed E-state index contributed by atoms with van der Waals surface area (Å²) in [7, 11) is 0. The lowest BCUT2D eigenvalue weighted by molar-refractivity contribution is -0.129. The van der Waals surface area contributed by atoms with E-state index >= 15 is 0 Å². The van der Waals surface area contributed by atoms with E-state index in [9.17, 15) is 4.79 Å². The van der Waals surface area contributed by atoms with Crippen molar-refractivity contribution in [1.82, 2.24) is 9.88 Å². The third-order valence-corrected chi connectivity index (χ3v) is 4.32. The third kappa shape index (κ3) is 2.23. The number of nitrogens with zero attached hydrogens (tertiary/aromatic N) is 2. The zero-order valence-corrected chi connectivity index (χ0v) is 11.1. The molecule has 0 spiro atoms. The molecule has 0 N–H and O–H groups in total. The Labute approximate surface area is 102 Å². The molecule has 1 aromatic rings. The average Bonchev–Trinajstić information content (AvgIpc) is 2.71. The van der Waals surface area contributed by atoms with E-state index in [0.29, 0.717) is 11.2 Å². The number of hydrogen-bond donors (Lipinski definition) is 0. The number of rotatable bonds is 2. The maximum Gasteiger partial charge on any atom is 0.224 e. The summed E-state index contributed by atoms with van der Waals surface area (Å²) >= 11 is 5.11. The molecule has 1 aromatic heterocycles. The van der Waals surface area contributed by atoms with Crippen LogP contribution in [0, 0.1) is 6.92 Å². The first kappa shape index (κ1) is 11.1. The number of thiazole rings is 1. The van der Waals surface area contributed by atoms with E-state index in [0.717, 1.165) is 17.2 Å². The molecule has 2 heterocycles. The second-order valence-electron chi connectivity index (χ2n) is 3.85. The number of halogens is 1. The van der Waals surface area contributed by atoms with Crippen molar-refractivity contribution in [3.63, 3.8) is 0 Å². The van der Waals surface area contributed by atoms with Gasteiger partial charge in [0, 0.05) is 28.9 Å². The molecule has 2 rings (SSSR count). The summed E-state index contributed by atoms with van der Waals surface area (Å²) in [4.78, 5) is 18.3. The Kier molecular flexibility index (Phi) is 3.11. The molecular weight excluding hydrogens is 276 g/mol. The van der Waals surface area contributed by atoms with Crippen LogP contribution >= 0.6 is 27.3 Å². The Bertz CT molecular complexity index is 379. The molecule has 0 aromatic carbocycles. The summed E-state index contributed by atoms with van der Waals surface area (Å²) in [5.74, 6) is 0.220. The number of hydrogen-bond acceptors (Lipinski definition) is 3. The van der Waals surface area contributed by atoms with Crippen LogP contribution < -0.4 is 0 Å². The van der Waals surface area contributed by atoms with Gasteiger partial charge in [0.1, 0.15) is 5.01 Å². The number of aryl methyl sites for hydroxylation is 1. The van der Waals surface area contributed by atoms with E-state index in [1.807, 2.05) is 24.1 Å². The van der Waals surface area contributed by atoms with Gasteiger partial charge in [-0.05, 0) is 13.8 Å². The lowest BCUT2D eigenvalue weighted by Gasteiger charge is -2.22. The first-order chi connectivity index (χ1) is 7.08. The standard InChI is InChI=1S/C10H13BrN2OS/c1-6-5-15-10(12-6)7(2)13-4-8(11)3-9(13)14/h5,7-8H,3-4H2,1-2H3. The highest BCUT2D eigenvalue weighted by Gasteiger charge is 2.32. The molecule has 1 fully saturated rings. The molecule has 0 radical (unpaired) electrons. The van der Waals surface area contributed by atoms with E-state index in [-0.39, 0.29) is 11.9 Å². The van der Waals surface area contributed by atoms with Crippen molar-refractivity contribution in [1.29, 1.82) is 0 Å². The molecule has 15 heavy (non-hydrogen) atoms. The second-order valence-corrected chi connectivity index (χ2v) is 6.04. The Balaban J connectivity index is 2.14. The fraction of sp³-hybridized carbons (Fsp3) is 0.600. The second kappa shape index (κ2) is 4.22. The van der Waals surface area contributed by atoms with Crippen molar-refractivity contribution < 1.29 is 4.79 Å². The smallest absolute Gasteiger partial charge is 0.224 e. The molecule has 1 aliphatic heterocycles. The molecule has 2 atom stereocenters. The van der Waals surface area contributed by atoms with Gasteiger partial charge in [-0.25, -0.2) is 4.98 Å². The lowest BCUT2D eigenvalue weighted by Crippen LogP contribution is -2.28. The van der Waals surface area contributed by atoms with E-state index < -0.39 is 0 Å². The molecule has 0 saturated carbocycles. The van der Waals surface area contributed by atoms with Crippen molar-refractivity contribution in [2.45, 2.75) is 31.1 Å². The van der Waals surface area contributed by atoms with Crippen LogP contribution in [-0.2, 0) is 4.79 Å². The summed E-state index contributed by atoms with van der Waals surface area (Å²) in [5.41, 5.74) is 1.03. The normalized spacial score (nSPS) is 23.5. The van der Waals surface area contributed by atoms with E-state index in [2.05, 4.69) is 20.9 Å². The largest absolute Gasteiger partial charge is 0.332 e. The predicted octanol–water partition coefficient (Wildman–Crippen LogP) is 2.51. The Morgan fingerprint density at radius 1 is 1.73 bits per heavy atom. The van der Waals surface area contributed by atoms with Crippen molar-refractivity contribution >= 4 is 33.2 Å². The average molecular weight is 289 g/mol. The van der Waals surface area contributed by atoms with E-state index in [1.54, 1.807) is 11.3 Å². The molecule has 0 aliphatic carbocycles. The number of carbonyl (C=O) groups excluding carboxylic acids is 1. The monoisotopic (exact) mass is 288 g/mol. The highest BCUT2D eigenvalue weighted by atomic mass is 79.9.